The van der Waals surface area contributed by atoms with Crippen molar-refractivity contribution < 1.29 is 9.90 Å². The predicted molar refractivity (Wildman–Crippen MR) is 81.1 cm³/mol. The van der Waals surface area contributed by atoms with Crippen LogP contribution in [0.2, 0.25) is 0 Å². The van der Waals surface area contributed by atoms with Crippen LogP contribution in [0.5, 0.6) is 0 Å². The molecule has 20 heavy (non-hydrogen) atoms. The average Bonchev–Trinajstić information content (AvgIpc) is 2.47. The third kappa shape index (κ3) is 2.84. The molecule has 1 aliphatic rings. The summed E-state index contributed by atoms with van der Waals surface area (Å²) in [6.07, 6.45) is 6.79. The van der Waals surface area contributed by atoms with E-state index in [4.69, 9.17) is 5.11 Å². The van der Waals surface area contributed by atoms with Gasteiger partial charge in [0.2, 0.25) is 0 Å². The molecule has 2 heteroatoms. The van der Waals surface area contributed by atoms with Gasteiger partial charge >= 0.3 is 5.97 Å². The number of fused-ring (bicyclic) bond motifs is 1. The summed E-state index contributed by atoms with van der Waals surface area (Å²) in [5, 5.41) is 11.2. The van der Waals surface area contributed by atoms with E-state index in [1.165, 1.54) is 43.1 Å². The van der Waals surface area contributed by atoms with Crippen LogP contribution in [0.25, 0.3) is 10.8 Å². The molecule has 0 bridgehead atoms. The lowest BCUT2D eigenvalue weighted by molar-refractivity contribution is -0.136. The third-order valence-electron chi connectivity index (χ3n) is 4.36. The smallest absolute Gasteiger partial charge is 0.307 e. The van der Waals surface area contributed by atoms with E-state index in [9.17, 15) is 4.79 Å². The van der Waals surface area contributed by atoms with Gasteiger partial charge in [-0.3, -0.25) is 4.79 Å². The second kappa shape index (κ2) is 5.66. The van der Waals surface area contributed by atoms with Crippen molar-refractivity contribution in [3.63, 3.8) is 0 Å². The summed E-state index contributed by atoms with van der Waals surface area (Å²) in [4.78, 5) is 10.8. The number of benzene rings is 2. The predicted octanol–water partition coefficient (Wildman–Crippen LogP) is 4.51. The van der Waals surface area contributed by atoms with Crippen LogP contribution in [0, 0.1) is 0 Å². The highest BCUT2D eigenvalue weighted by Gasteiger charge is 2.15. The van der Waals surface area contributed by atoms with Crippen molar-refractivity contribution in [3.05, 3.63) is 47.5 Å². The number of carbonyl (C=O) groups is 1. The number of hydrogen-bond acceptors (Lipinski definition) is 1. The Labute approximate surface area is 119 Å². The van der Waals surface area contributed by atoms with E-state index in [1.807, 2.05) is 12.1 Å². The van der Waals surface area contributed by atoms with Gasteiger partial charge in [-0.2, -0.15) is 0 Å². The minimum absolute atomic E-state index is 0.0975. The minimum atomic E-state index is -0.775. The lowest BCUT2D eigenvalue weighted by Gasteiger charge is -2.22. The fraction of sp³-hybridized carbons (Fsp3) is 0.389. The molecule has 2 aromatic carbocycles. The topological polar surface area (TPSA) is 37.3 Å². The number of carboxylic acids is 1. The van der Waals surface area contributed by atoms with Crippen molar-refractivity contribution in [2.24, 2.45) is 0 Å². The molecule has 0 amide bonds. The molecule has 1 saturated carbocycles. The Morgan fingerprint density at radius 2 is 1.70 bits per heavy atom. The van der Waals surface area contributed by atoms with Crippen LogP contribution >= 0.6 is 0 Å². The van der Waals surface area contributed by atoms with Crippen molar-refractivity contribution in [3.8, 4) is 0 Å². The molecule has 0 heterocycles. The Morgan fingerprint density at radius 3 is 2.45 bits per heavy atom. The summed E-state index contributed by atoms with van der Waals surface area (Å²) in [7, 11) is 0. The third-order valence-corrected chi connectivity index (χ3v) is 4.36. The van der Waals surface area contributed by atoms with Crippen molar-refractivity contribution in [1.29, 1.82) is 0 Å². The molecule has 3 rings (SSSR count). The molecule has 1 fully saturated rings. The average molecular weight is 268 g/mol. The molecule has 0 atom stereocenters. The maximum atomic E-state index is 10.8. The molecule has 2 aromatic rings. The van der Waals surface area contributed by atoms with Crippen molar-refractivity contribution >= 4 is 16.7 Å². The highest BCUT2D eigenvalue weighted by molar-refractivity contribution is 5.85. The Balaban J connectivity index is 1.89. The monoisotopic (exact) mass is 268 g/mol. The maximum absolute atomic E-state index is 10.8. The van der Waals surface area contributed by atoms with Gasteiger partial charge in [-0.15, -0.1) is 0 Å². The van der Waals surface area contributed by atoms with E-state index < -0.39 is 5.97 Å². The van der Waals surface area contributed by atoms with Crippen LogP contribution in [-0.2, 0) is 11.2 Å². The van der Waals surface area contributed by atoms with Gasteiger partial charge < -0.3 is 5.11 Å². The largest absolute Gasteiger partial charge is 0.481 e. The Bertz CT molecular complexity index is 624. The van der Waals surface area contributed by atoms with Crippen molar-refractivity contribution in [1.82, 2.24) is 0 Å². The van der Waals surface area contributed by atoms with Crippen LogP contribution in [-0.4, -0.2) is 11.1 Å². The quantitative estimate of drug-likeness (QED) is 0.889. The van der Waals surface area contributed by atoms with Gasteiger partial charge in [0.05, 0.1) is 6.42 Å². The zero-order valence-electron chi connectivity index (χ0n) is 11.6. The van der Waals surface area contributed by atoms with Gasteiger partial charge in [-0.25, -0.2) is 0 Å². The summed E-state index contributed by atoms with van der Waals surface area (Å²) in [5.41, 5.74) is 2.32. The van der Waals surface area contributed by atoms with Crippen LogP contribution in [0.1, 0.15) is 49.1 Å². The number of hydrogen-bond donors (Lipinski definition) is 1. The molecule has 0 spiro atoms. The fourth-order valence-electron chi connectivity index (χ4n) is 3.29. The SMILES string of the molecule is O=C(O)Cc1ccc2cc(C3CCCCC3)ccc2c1. The van der Waals surface area contributed by atoms with Gasteiger partial charge in [-0.05, 0) is 40.7 Å². The zero-order valence-corrected chi connectivity index (χ0v) is 11.6. The molecule has 2 nitrogen and oxygen atoms in total. The van der Waals surface area contributed by atoms with Gasteiger partial charge in [0.1, 0.15) is 0 Å². The highest BCUT2D eigenvalue weighted by atomic mass is 16.4. The maximum Gasteiger partial charge on any atom is 0.307 e. The molecule has 1 N–H and O–H groups in total. The van der Waals surface area contributed by atoms with Gasteiger partial charge in [-0.1, -0.05) is 55.7 Å². The van der Waals surface area contributed by atoms with Crippen molar-refractivity contribution in [2.45, 2.75) is 44.4 Å². The van der Waals surface area contributed by atoms with Gasteiger partial charge in [0.15, 0.2) is 0 Å². The van der Waals surface area contributed by atoms with Gasteiger partial charge in [0.25, 0.3) is 0 Å². The lowest BCUT2D eigenvalue weighted by Crippen LogP contribution is -2.04. The molecule has 104 valence electrons. The number of rotatable bonds is 3. The van der Waals surface area contributed by atoms with E-state index in [-0.39, 0.29) is 6.42 Å². The Kier molecular flexibility index (Phi) is 3.72. The second-order valence-corrected chi connectivity index (χ2v) is 5.85. The van der Waals surface area contributed by atoms with E-state index in [0.717, 1.165) is 10.9 Å². The van der Waals surface area contributed by atoms with E-state index in [2.05, 4.69) is 24.3 Å². The van der Waals surface area contributed by atoms with Crippen LogP contribution < -0.4 is 0 Å². The minimum Gasteiger partial charge on any atom is -0.481 e. The van der Waals surface area contributed by atoms with E-state index >= 15 is 0 Å². The highest BCUT2D eigenvalue weighted by Crippen LogP contribution is 2.34. The van der Waals surface area contributed by atoms with Crippen molar-refractivity contribution in [2.75, 3.05) is 0 Å². The Morgan fingerprint density at radius 1 is 1.00 bits per heavy atom. The Hall–Kier alpha value is -1.83. The lowest BCUT2D eigenvalue weighted by atomic mass is 9.83. The molecular formula is C18H20O2. The molecule has 0 unspecified atom stereocenters. The number of aliphatic carboxylic acids is 1. The first-order valence-electron chi connectivity index (χ1n) is 7.47. The summed E-state index contributed by atoms with van der Waals surface area (Å²) in [6, 6.07) is 12.6. The summed E-state index contributed by atoms with van der Waals surface area (Å²) in [6.45, 7) is 0. The molecule has 0 radical (unpaired) electrons. The molecule has 0 saturated heterocycles. The fourth-order valence-corrected chi connectivity index (χ4v) is 3.29. The standard InChI is InChI=1S/C18H20O2/c19-18(20)11-13-6-7-17-12-16(9-8-15(17)10-13)14-4-2-1-3-5-14/h6-10,12,14H,1-5,11H2,(H,19,20). The molecular weight excluding hydrogens is 248 g/mol. The summed E-state index contributed by atoms with van der Waals surface area (Å²) >= 11 is 0. The first-order valence-corrected chi connectivity index (χ1v) is 7.47. The van der Waals surface area contributed by atoms with Crippen LogP contribution in [0.15, 0.2) is 36.4 Å². The first-order chi connectivity index (χ1) is 9.72. The van der Waals surface area contributed by atoms with E-state index in [1.54, 1.807) is 0 Å². The zero-order chi connectivity index (χ0) is 13.9. The molecule has 1 aliphatic carbocycles. The normalized spacial score (nSPS) is 16.4. The van der Waals surface area contributed by atoms with Crippen LogP contribution in [0.3, 0.4) is 0 Å². The first kappa shape index (κ1) is 13.2. The molecule has 0 aromatic heterocycles. The van der Waals surface area contributed by atoms with Gasteiger partial charge in [0, 0.05) is 0 Å². The van der Waals surface area contributed by atoms with Crippen LogP contribution in [0.4, 0.5) is 0 Å². The second-order valence-electron chi connectivity index (χ2n) is 5.85. The van der Waals surface area contributed by atoms with E-state index in [0.29, 0.717) is 5.92 Å². The summed E-state index contributed by atoms with van der Waals surface area (Å²) < 4.78 is 0. The summed E-state index contributed by atoms with van der Waals surface area (Å²) in [5.74, 6) is -0.0602. The molecule has 0 aliphatic heterocycles. The number of carboxylic acid groups (broad SMARTS) is 1.